The molecule has 0 aliphatic rings. The first kappa shape index (κ1) is 8.94. The zero-order valence-electron chi connectivity index (χ0n) is 6.14. The molecular formula is C6H11NO3. The molecule has 0 atom stereocenters. The molecule has 0 amide bonds. The lowest BCUT2D eigenvalue weighted by atomic mass is 10.4. The van der Waals surface area contributed by atoms with Crippen molar-refractivity contribution in [1.29, 1.82) is 5.41 Å². The van der Waals surface area contributed by atoms with Crippen molar-refractivity contribution in [3.63, 3.8) is 0 Å². The van der Waals surface area contributed by atoms with E-state index >= 15 is 0 Å². The van der Waals surface area contributed by atoms with Crippen molar-refractivity contribution in [2.45, 2.75) is 13.3 Å². The van der Waals surface area contributed by atoms with E-state index in [2.05, 4.69) is 9.47 Å². The van der Waals surface area contributed by atoms with Gasteiger partial charge in [-0.2, -0.15) is 0 Å². The smallest absolute Gasteiger partial charge is 0.302 e. The molecule has 0 unspecified atom stereocenters. The van der Waals surface area contributed by atoms with Crippen molar-refractivity contribution in [1.82, 2.24) is 0 Å². The quantitative estimate of drug-likeness (QED) is 0.358. The summed E-state index contributed by atoms with van der Waals surface area (Å²) in [5.41, 5.74) is 0. The molecule has 0 aliphatic carbocycles. The van der Waals surface area contributed by atoms with Crippen LogP contribution in [0.4, 0.5) is 0 Å². The minimum Gasteiger partial charge on any atom is -0.484 e. The van der Waals surface area contributed by atoms with Crippen LogP contribution < -0.4 is 0 Å². The third kappa shape index (κ3) is 5.08. The third-order valence-corrected chi connectivity index (χ3v) is 0.881. The molecule has 1 N–H and O–H groups in total. The van der Waals surface area contributed by atoms with Crippen molar-refractivity contribution in [3.05, 3.63) is 0 Å². The second-order valence-corrected chi connectivity index (χ2v) is 1.72. The van der Waals surface area contributed by atoms with Gasteiger partial charge >= 0.3 is 5.97 Å². The molecule has 10 heavy (non-hydrogen) atoms. The molecule has 0 radical (unpaired) electrons. The van der Waals surface area contributed by atoms with Gasteiger partial charge in [-0.3, -0.25) is 10.2 Å². The normalized spacial score (nSPS) is 8.60. The lowest BCUT2D eigenvalue weighted by Crippen LogP contribution is -2.07. The largest absolute Gasteiger partial charge is 0.484 e. The maximum Gasteiger partial charge on any atom is 0.302 e. The number of carbonyl (C=O) groups is 1. The molecule has 0 spiro atoms. The van der Waals surface area contributed by atoms with Gasteiger partial charge in [-0.05, 0) is 0 Å². The Morgan fingerprint density at radius 1 is 1.60 bits per heavy atom. The summed E-state index contributed by atoms with van der Waals surface area (Å²) < 4.78 is 9.08. The standard InChI is InChI=1S/C6H11NO3/c1-5(8)10-4-3-6(7)9-2/h7H,3-4H2,1-2H3. The maximum atomic E-state index is 10.2. The van der Waals surface area contributed by atoms with Gasteiger partial charge in [-0.25, -0.2) is 0 Å². The first-order chi connectivity index (χ1) is 4.66. The van der Waals surface area contributed by atoms with Crippen molar-refractivity contribution in [3.8, 4) is 0 Å². The summed E-state index contributed by atoms with van der Waals surface area (Å²) in [6, 6.07) is 0. The average molecular weight is 145 g/mol. The van der Waals surface area contributed by atoms with Gasteiger partial charge in [-0.15, -0.1) is 0 Å². The van der Waals surface area contributed by atoms with Crippen LogP contribution in [0.15, 0.2) is 0 Å². The van der Waals surface area contributed by atoms with Crippen LogP contribution in [0, 0.1) is 5.41 Å². The fourth-order valence-electron chi connectivity index (χ4n) is 0.390. The number of rotatable bonds is 3. The predicted molar refractivity (Wildman–Crippen MR) is 36.0 cm³/mol. The molecule has 4 heteroatoms. The predicted octanol–water partition coefficient (Wildman–Crippen LogP) is 0.563. The van der Waals surface area contributed by atoms with E-state index in [1.165, 1.54) is 14.0 Å². The summed E-state index contributed by atoms with van der Waals surface area (Å²) in [6.45, 7) is 1.55. The highest BCUT2D eigenvalue weighted by Gasteiger charge is 1.96. The van der Waals surface area contributed by atoms with Gasteiger partial charge in [-0.1, -0.05) is 0 Å². The molecule has 0 bridgehead atoms. The summed E-state index contributed by atoms with van der Waals surface area (Å²) in [4.78, 5) is 10.2. The second-order valence-electron chi connectivity index (χ2n) is 1.72. The Balaban J connectivity index is 3.20. The van der Waals surface area contributed by atoms with Crippen LogP contribution in [-0.4, -0.2) is 25.6 Å². The summed E-state index contributed by atoms with van der Waals surface area (Å²) >= 11 is 0. The number of hydrogen-bond acceptors (Lipinski definition) is 4. The number of carbonyl (C=O) groups excluding carboxylic acids is 1. The van der Waals surface area contributed by atoms with E-state index in [-0.39, 0.29) is 18.5 Å². The van der Waals surface area contributed by atoms with E-state index < -0.39 is 0 Å². The van der Waals surface area contributed by atoms with Gasteiger partial charge in [0.2, 0.25) is 0 Å². The lowest BCUT2D eigenvalue weighted by molar-refractivity contribution is -0.140. The summed E-state index contributed by atoms with van der Waals surface area (Å²) in [7, 11) is 1.41. The molecule has 0 aromatic rings. The van der Waals surface area contributed by atoms with E-state index in [0.717, 1.165) is 0 Å². The van der Waals surface area contributed by atoms with Gasteiger partial charge in [0.05, 0.1) is 20.1 Å². The number of hydrogen-bond donors (Lipinski definition) is 1. The van der Waals surface area contributed by atoms with Crippen LogP contribution in [0.3, 0.4) is 0 Å². The highest BCUT2D eigenvalue weighted by atomic mass is 16.5. The highest BCUT2D eigenvalue weighted by Crippen LogP contribution is 1.86. The van der Waals surface area contributed by atoms with Crippen molar-refractivity contribution >= 4 is 11.9 Å². The zero-order chi connectivity index (χ0) is 7.98. The Morgan fingerprint density at radius 3 is 2.60 bits per heavy atom. The Morgan fingerprint density at radius 2 is 2.20 bits per heavy atom. The number of nitrogens with one attached hydrogen (secondary N) is 1. The van der Waals surface area contributed by atoms with E-state index in [4.69, 9.17) is 5.41 Å². The summed E-state index contributed by atoms with van der Waals surface area (Å²) in [5.74, 6) is -0.204. The monoisotopic (exact) mass is 145 g/mol. The minimum atomic E-state index is -0.330. The van der Waals surface area contributed by atoms with Crippen LogP contribution in [0.25, 0.3) is 0 Å². The van der Waals surface area contributed by atoms with Crippen molar-refractivity contribution < 1.29 is 14.3 Å². The van der Waals surface area contributed by atoms with Gasteiger partial charge in [0.25, 0.3) is 0 Å². The highest BCUT2D eigenvalue weighted by molar-refractivity contribution is 5.73. The molecule has 0 aliphatic heterocycles. The molecular weight excluding hydrogens is 134 g/mol. The molecule has 0 heterocycles. The van der Waals surface area contributed by atoms with Crippen LogP contribution in [-0.2, 0) is 14.3 Å². The molecule has 58 valence electrons. The topological polar surface area (TPSA) is 59.4 Å². The van der Waals surface area contributed by atoms with E-state index in [1.807, 2.05) is 0 Å². The van der Waals surface area contributed by atoms with E-state index in [0.29, 0.717) is 6.42 Å². The summed E-state index contributed by atoms with van der Waals surface area (Å²) in [6.07, 6.45) is 0.343. The zero-order valence-corrected chi connectivity index (χ0v) is 6.14. The number of methoxy groups -OCH3 is 1. The molecule has 0 saturated heterocycles. The van der Waals surface area contributed by atoms with Gasteiger partial charge < -0.3 is 9.47 Å². The van der Waals surface area contributed by atoms with Crippen LogP contribution in [0.1, 0.15) is 13.3 Å². The third-order valence-electron chi connectivity index (χ3n) is 0.881. The number of ether oxygens (including phenoxy) is 2. The molecule has 0 saturated carbocycles. The molecule has 0 aromatic carbocycles. The SMILES string of the molecule is COC(=N)CCOC(C)=O. The van der Waals surface area contributed by atoms with Crippen LogP contribution >= 0.6 is 0 Å². The fraction of sp³-hybridized carbons (Fsp3) is 0.667. The second kappa shape index (κ2) is 4.78. The molecule has 4 nitrogen and oxygen atoms in total. The molecule has 0 rings (SSSR count). The summed E-state index contributed by atoms with van der Waals surface area (Å²) in [5, 5.41) is 6.97. The first-order valence-corrected chi connectivity index (χ1v) is 2.91. The first-order valence-electron chi connectivity index (χ1n) is 2.91. The Labute approximate surface area is 59.6 Å². The minimum absolute atomic E-state index is 0.126. The van der Waals surface area contributed by atoms with Crippen molar-refractivity contribution in [2.24, 2.45) is 0 Å². The maximum absolute atomic E-state index is 10.2. The Kier molecular flexibility index (Phi) is 4.28. The van der Waals surface area contributed by atoms with E-state index in [1.54, 1.807) is 0 Å². The molecule has 0 fully saturated rings. The van der Waals surface area contributed by atoms with Crippen LogP contribution in [0.2, 0.25) is 0 Å². The van der Waals surface area contributed by atoms with Gasteiger partial charge in [0, 0.05) is 6.92 Å². The van der Waals surface area contributed by atoms with E-state index in [9.17, 15) is 4.79 Å². The number of esters is 1. The fourth-order valence-corrected chi connectivity index (χ4v) is 0.390. The van der Waals surface area contributed by atoms with Crippen molar-refractivity contribution in [2.75, 3.05) is 13.7 Å². The van der Waals surface area contributed by atoms with Crippen LogP contribution in [0.5, 0.6) is 0 Å². The van der Waals surface area contributed by atoms with Gasteiger partial charge in [0.15, 0.2) is 5.90 Å². The Hall–Kier alpha value is -1.06. The lowest BCUT2D eigenvalue weighted by Gasteiger charge is -2.01. The van der Waals surface area contributed by atoms with Gasteiger partial charge in [0.1, 0.15) is 0 Å². The Bertz CT molecular complexity index is 133. The average Bonchev–Trinajstić information content (AvgIpc) is 1.87. The molecule has 0 aromatic heterocycles.